The number of rotatable bonds is 3. The van der Waals surface area contributed by atoms with Gasteiger partial charge in [0, 0.05) is 23.6 Å². The number of carbonyl (C=O) groups is 1. The summed E-state index contributed by atoms with van der Waals surface area (Å²) in [6, 6.07) is 11.1. The number of nitrogens with zero attached hydrogens (tertiary/aromatic N) is 1. The molecule has 0 aliphatic rings. The molecule has 0 radical (unpaired) electrons. The zero-order chi connectivity index (χ0) is 14.2. The molecule has 0 spiro atoms. The molecule has 2 aromatic rings. The van der Waals surface area contributed by atoms with Gasteiger partial charge in [-0.2, -0.15) is 0 Å². The van der Waals surface area contributed by atoms with E-state index < -0.39 is 0 Å². The van der Waals surface area contributed by atoms with Crippen molar-refractivity contribution in [2.24, 2.45) is 5.73 Å². The van der Waals surface area contributed by atoms with E-state index in [1.165, 1.54) is 0 Å². The van der Waals surface area contributed by atoms with Crippen LogP contribution in [0.15, 0.2) is 48.8 Å². The number of benzene rings is 1. The number of anilines is 1. The van der Waals surface area contributed by atoms with E-state index in [4.69, 9.17) is 5.73 Å². The molecular weight excluding hydrogens is 250 g/mol. The van der Waals surface area contributed by atoms with E-state index in [0.717, 1.165) is 16.8 Å². The highest BCUT2D eigenvalue weighted by Gasteiger charge is 2.04. The van der Waals surface area contributed by atoms with Crippen LogP contribution in [0.1, 0.15) is 11.1 Å². The van der Waals surface area contributed by atoms with Crippen LogP contribution in [0, 0.1) is 11.8 Å². The normalized spacial score (nSPS) is 9.45. The molecule has 20 heavy (non-hydrogen) atoms. The van der Waals surface area contributed by atoms with Gasteiger partial charge in [0.25, 0.3) is 0 Å². The highest BCUT2D eigenvalue weighted by Crippen LogP contribution is 2.10. The van der Waals surface area contributed by atoms with Crippen LogP contribution in [0.4, 0.5) is 5.69 Å². The van der Waals surface area contributed by atoms with Gasteiger partial charge in [0.2, 0.25) is 5.91 Å². The molecule has 100 valence electrons. The fraction of sp³-hybridized carbons (Fsp3) is 0.125. The van der Waals surface area contributed by atoms with Crippen molar-refractivity contribution < 1.29 is 4.79 Å². The number of pyridine rings is 1. The lowest BCUT2D eigenvalue weighted by Crippen LogP contribution is -2.14. The van der Waals surface area contributed by atoms with Crippen molar-refractivity contribution in [3.05, 3.63) is 59.9 Å². The predicted octanol–water partition coefficient (Wildman–Crippen LogP) is 1.57. The first-order chi connectivity index (χ1) is 9.78. The highest BCUT2D eigenvalue weighted by molar-refractivity contribution is 5.92. The summed E-state index contributed by atoms with van der Waals surface area (Å²) >= 11 is 0. The molecule has 4 heteroatoms. The molecule has 2 rings (SSSR count). The monoisotopic (exact) mass is 265 g/mol. The van der Waals surface area contributed by atoms with E-state index in [1.807, 2.05) is 36.4 Å². The van der Waals surface area contributed by atoms with Crippen LogP contribution in [0.25, 0.3) is 0 Å². The second-order valence-corrected chi connectivity index (χ2v) is 4.17. The molecule has 0 unspecified atom stereocenters. The van der Waals surface area contributed by atoms with Crippen molar-refractivity contribution in [3.8, 4) is 11.8 Å². The minimum Gasteiger partial charge on any atom is -0.326 e. The maximum atomic E-state index is 11.9. The van der Waals surface area contributed by atoms with E-state index in [-0.39, 0.29) is 5.91 Å². The van der Waals surface area contributed by atoms with E-state index in [1.54, 1.807) is 12.4 Å². The lowest BCUT2D eigenvalue weighted by molar-refractivity contribution is -0.115. The third kappa shape index (κ3) is 4.23. The number of hydrogen-bond donors (Lipinski definition) is 2. The van der Waals surface area contributed by atoms with Gasteiger partial charge in [-0.05, 0) is 29.8 Å². The Morgan fingerprint density at radius 1 is 1.30 bits per heavy atom. The molecule has 0 saturated carbocycles. The van der Waals surface area contributed by atoms with Gasteiger partial charge in [0.15, 0.2) is 0 Å². The number of carbonyl (C=O) groups excluding carboxylic acids is 1. The maximum absolute atomic E-state index is 11.9. The summed E-state index contributed by atoms with van der Waals surface area (Å²) in [6.07, 6.45) is 3.66. The molecule has 3 N–H and O–H groups in total. The van der Waals surface area contributed by atoms with Gasteiger partial charge in [-0.1, -0.05) is 24.0 Å². The minimum atomic E-state index is -0.0815. The Balaban J connectivity index is 2.01. The maximum Gasteiger partial charge on any atom is 0.228 e. The molecule has 1 amide bonds. The molecule has 4 nitrogen and oxygen atoms in total. The van der Waals surface area contributed by atoms with Crippen LogP contribution in [0.3, 0.4) is 0 Å². The van der Waals surface area contributed by atoms with Crippen LogP contribution in [0.2, 0.25) is 0 Å². The molecule has 0 fully saturated rings. The average Bonchev–Trinajstić information content (AvgIpc) is 2.46. The molecule has 1 heterocycles. The average molecular weight is 265 g/mol. The third-order valence-electron chi connectivity index (χ3n) is 2.57. The minimum absolute atomic E-state index is 0.0815. The van der Waals surface area contributed by atoms with Crippen molar-refractivity contribution >= 4 is 11.6 Å². The number of nitrogens with two attached hydrogens (primary N) is 1. The fourth-order valence-electron chi connectivity index (χ4n) is 1.72. The Kier molecular flexibility index (Phi) is 4.87. The number of hydrogen-bond acceptors (Lipinski definition) is 3. The summed E-state index contributed by atoms with van der Waals surface area (Å²) in [4.78, 5) is 15.9. The largest absolute Gasteiger partial charge is 0.326 e. The Hall–Kier alpha value is -2.64. The summed E-state index contributed by atoms with van der Waals surface area (Å²) in [5, 5.41) is 2.84. The zero-order valence-electron chi connectivity index (χ0n) is 11.0. The molecule has 0 atom stereocenters. The first kappa shape index (κ1) is 13.8. The SMILES string of the molecule is NCC#Cc1cccc(NC(=O)Cc2cccnc2)c1. The van der Waals surface area contributed by atoms with Gasteiger partial charge in [0.05, 0.1) is 13.0 Å². The molecule has 1 aromatic carbocycles. The molecular formula is C16H15N3O. The van der Waals surface area contributed by atoms with E-state index in [9.17, 15) is 4.79 Å². The quantitative estimate of drug-likeness (QED) is 0.828. The van der Waals surface area contributed by atoms with Gasteiger partial charge in [-0.3, -0.25) is 9.78 Å². The zero-order valence-corrected chi connectivity index (χ0v) is 11.0. The predicted molar refractivity (Wildman–Crippen MR) is 78.9 cm³/mol. The van der Waals surface area contributed by atoms with Crippen molar-refractivity contribution in [1.29, 1.82) is 0 Å². The first-order valence-electron chi connectivity index (χ1n) is 6.25. The molecule has 0 aliphatic heterocycles. The first-order valence-corrected chi connectivity index (χ1v) is 6.25. The highest BCUT2D eigenvalue weighted by atomic mass is 16.1. The number of amides is 1. The van der Waals surface area contributed by atoms with Crippen LogP contribution in [0.5, 0.6) is 0 Å². The summed E-state index contributed by atoms with van der Waals surface area (Å²) in [5.74, 6) is 5.63. The van der Waals surface area contributed by atoms with Gasteiger partial charge in [-0.15, -0.1) is 0 Å². The summed E-state index contributed by atoms with van der Waals surface area (Å²) < 4.78 is 0. The second-order valence-electron chi connectivity index (χ2n) is 4.17. The summed E-state index contributed by atoms with van der Waals surface area (Å²) in [5.41, 5.74) is 7.76. The second kappa shape index (κ2) is 7.07. The molecule has 1 aromatic heterocycles. The van der Waals surface area contributed by atoms with Gasteiger partial charge in [0.1, 0.15) is 0 Å². The van der Waals surface area contributed by atoms with Gasteiger partial charge < -0.3 is 11.1 Å². The third-order valence-corrected chi connectivity index (χ3v) is 2.57. The molecule has 0 aliphatic carbocycles. The number of nitrogens with one attached hydrogen (secondary N) is 1. The van der Waals surface area contributed by atoms with Crippen LogP contribution in [-0.4, -0.2) is 17.4 Å². The Labute approximate surface area is 118 Å². The topological polar surface area (TPSA) is 68.0 Å². The van der Waals surface area contributed by atoms with Crippen LogP contribution >= 0.6 is 0 Å². The smallest absolute Gasteiger partial charge is 0.228 e. The Morgan fingerprint density at radius 2 is 2.20 bits per heavy atom. The Bertz CT molecular complexity index is 642. The molecule has 0 saturated heterocycles. The standard InChI is InChI=1S/C16H15N3O/c17-8-2-5-13-4-1-7-15(10-13)19-16(20)11-14-6-3-9-18-12-14/h1,3-4,6-7,9-10,12H,8,11,17H2,(H,19,20). The van der Waals surface area contributed by atoms with E-state index in [0.29, 0.717) is 13.0 Å². The van der Waals surface area contributed by atoms with Crippen LogP contribution < -0.4 is 11.1 Å². The fourth-order valence-corrected chi connectivity index (χ4v) is 1.72. The van der Waals surface area contributed by atoms with E-state index >= 15 is 0 Å². The summed E-state index contributed by atoms with van der Waals surface area (Å²) in [6.45, 7) is 0.317. The Morgan fingerprint density at radius 3 is 2.95 bits per heavy atom. The molecule has 0 bridgehead atoms. The van der Waals surface area contributed by atoms with Crippen molar-refractivity contribution in [2.75, 3.05) is 11.9 Å². The number of aromatic nitrogens is 1. The lowest BCUT2D eigenvalue weighted by Gasteiger charge is -2.05. The van der Waals surface area contributed by atoms with Crippen molar-refractivity contribution in [3.63, 3.8) is 0 Å². The van der Waals surface area contributed by atoms with Crippen molar-refractivity contribution in [1.82, 2.24) is 4.98 Å². The van der Waals surface area contributed by atoms with Gasteiger partial charge >= 0.3 is 0 Å². The van der Waals surface area contributed by atoms with Gasteiger partial charge in [-0.25, -0.2) is 0 Å². The lowest BCUT2D eigenvalue weighted by atomic mass is 10.2. The van der Waals surface area contributed by atoms with Crippen LogP contribution in [-0.2, 0) is 11.2 Å². The van der Waals surface area contributed by atoms with E-state index in [2.05, 4.69) is 22.1 Å². The van der Waals surface area contributed by atoms with Crippen molar-refractivity contribution in [2.45, 2.75) is 6.42 Å². The summed E-state index contributed by atoms with van der Waals surface area (Å²) in [7, 11) is 0.